The molecule has 0 fully saturated rings. The molecule has 0 spiro atoms. The molecule has 1 aromatic rings. The van der Waals surface area contributed by atoms with Crippen LogP contribution in [0.15, 0.2) is 12.1 Å². The van der Waals surface area contributed by atoms with Gasteiger partial charge in [0.25, 0.3) is 0 Å². The van der Waals surface area contributed by atoms with E-state index in [0.717, 1.165) is 12.1 Å². The van der Waals surface area contributed by atoms with Gasteiger partial charge in [-0.15, -0.1) is 0 Å². The highest BCUT2D eigenvalue weighted by Crippen LogP contribution is 2.14. The van der Waals surface area contributed by atoms with Crippen LogP contribution < -0.4 is 5.32 Å². The molecule has 4 nitrogen and oxygen atoms in total. The summed E-state index contributed by atoms with van der Waals surface area (Å²) >= 11 is 0. The molecule has 0 bridgehead atoms. The van der Waals surface area contributed by atoms with Crippen LogP contribution in [0.4, 0.5) is 8.78 Å². The number of hydrogen-bond acceptors (Lipinski definition) is 4. The second-order valence-corrected chi connectivity index (χ2v) is 3.89. The predicted octanol–water partition coefficient (Wildman–Crippen LogP) is 1.88. The smallest absolute Gasteiger partial charge is 0.305 e. The molecular weight excluding hydrogens is 254 g/mol. The van der Waals surface area contributed by atoms with Crippen molar-refractivity contribution < 1.29 is 18.3 Å². The first-order valence-electron chi connectivity index (χ1n) is 5.74. The Bertz CT molecular complexity index is 475. The molecule has 0 saturated carbocycles. The highest BCUT2D eigenvalue weighted by Gasteiger charge is 2.10. The molecule has 1 rings (SSSR count). The number of nitrogens with one attached hydrogen (secondary N) is 1. The molecule has 0 aliphatic rings. The van der Waals surface area contributed by atoms with E-state index in [-0.39, 0.29) is 30.1 Å². The molecule has 6 heteroatoms. The van der Waals surface area contributed by atoms with Crippen LogP contribution in [0.1, 0.15) is 24.0 Å². The molecule has 0 amide bonds. The van der Waals surface area contributed by atoms with Crippen molar-refractivity contribution in [2.75, 3.05) is 13.7 Å². The largest absolute Gasteiger partial charge is 0.469 e. The SMILES string of the molecule is COC(=O)CCCNCc1c(F)cc(C#N)cc1F. The summed E-state index contributed by atoms with van der Waals surface area (Å²) in [6.07, 6.45) is 0.772. The highest BCUT2D eigenvalue weighted by molar-refractivity contribution is 5.69. The molecule has 0 aliphatic heterocycles. The first-order chi connectivity index (χ1) is 9.08. The lowest BCUT2D eigenvalue weighted by atomic mass is 10.1. The number of methoxy groups -OCH3 is 1. The van der Waals surface area contributed by atoms with E-state index < -0.39 is 11.6 Å². The minimum Gasteiger partial charge on any atom is -0.469 e. The number of nitrogens with zero attached hydrogens (tertiary/aromatic N) is 1. The van der Waals surface area contributed by atoms with Crippen molar-refractivity contribution >= 4 is 5.97 Å². The van der Waals surface area contributed by atoms with Gasteiger partial charge in [-0.05, 0) is 25.1 Å². The molecule has 1 N–H and O–H groups in total. The van der Waals surface area contributed by atoms with E-state index in [1.165, 1.54) is 7.11 Å². The number of rotatable bonds is 6. The van der Waals surface area contributed by atoms with Crippen molar-refractivity contribution in [2.45, 2.75) is 19.4 Å². The van der Waals surface area contributed by atoms with Crippen molar-refractivity contribution in [1.29, 1.82) is 5.26 Å². The maximum atomic E-state index is 13.5. The topological polar surface area (TPSA) is 62.1 Å². The van der Waals surface area contributed by atoms with Gasteiger partial charge < -0.3 is 10.1 Å². The number of carbonyl (C=O) groups excluding carboxylic acids is 1. The zero-order chi connectivity index (χ0) is 14.3. The van der Waals surface area contributed by atoms with Gasteiger partial charge in [0.15, 0.2) is 0 Å². The summed E-state index contributed by atoms with van der Waals surface area (Å²) in [6.45, 7) is 0.443. The maximum Gasteiger partial charge on any atom is 0.305 e. The van der Waals surface area contributed by atoms with Crippen LogP contribution in [0.2, 0.25) is 0 Å². The van der Waals surface area contributed by atoms with Gasteiger partial charge in [0.1, 0.15) is 11.6 Å². The van der Waals surface area contributed by atoms with E-state index in [4.69, 9.17) is 5.26 Å². The third kappa shape index (κ3) is 4.64. The first kappa shape index (κ1) is 15.1. The summed E-state index contributed by atoms with van der Waals surface area (Å²) in [4.78, 5) is 10.8. The second kappa shape index (κ2) is 7.44. The van der Waals surface area contributed by atoms with Gasteiger partial charge in [-0.2, -0.15) is 5.26 Å². The van der Waals surface area contributed by atoms with Crippen LogP contribution >= 0.6 is 0 Å². The Morgan fingerprint density at radius 1 is 1.42 bits per heavy atom. The zero-order valence-corrected chi connectivity index (χ0v) is 10.5. The molecule has 19 heavy (non-hydrogen) atoms. The average Bonchev–Trinajstić information content (AvgIpc) is 2.40. The minimum absolute atomic E-state index is 0.00451. The van der Waals surface area contributed by atoms with Gasteiger partial charge in [0.2, 0.25) is 0 Å². The summed E-state index contributed by atoms with van der Waals surface area (Å²) in [6, 6.07) is 3.67. The molecule has 102 valence electrons. The number of halogens is 2. The summed E-state index contributed by atoms with van der Waals surface area (Å²) in [5.41, 5.74) is -0.165. The summed E-state index contributed by atoms with van der Waals surface area (Å²) < 4.78 is 31.4. The van der Waals surface area contributed by atoms with Crippen molar-refractivity contribution in [2.24, 2.45) is 0 Å². The van der Waals surface area contributed by atoms with Crippen LogP contribution in [-0.4, -0.2) is 19.6 Å². The molecule has 0 radical (unpaired) electrons. The lowest BCUT2D eigenvalue weighted by Gasteiger charge is -2.07. The van der Waals surface area contributed by atoms with E-state index in [2.05, 4.69) is 10.1 Å². The molecular formula is C13H14F2N2O2. The summed E-state index contributed by atoms with van der Waals surface area (Å²) in [5.74, 6) is -1.83. The Hall–Kier alpha value is -2.00. The molecule has 0 aromatic heterocycles. The highest BCUT2D eigenvalue weighted by atomic mass is 19.1. The fraction of sp³-hybridized carbons (Fsp3) is 0.385. The summed E-state index contributed by atoms with van der Waals surface area (Å²) in [5, 5.41) is 11.4. The standard InChI is InChI=1S/C13H14F2N2O2/c1-19-13(18)3-2-4-17-8-10-11(14)5-9(7-16)6-12(10)15/h5-6,17H,2-4,8H2,1H3. The van der Waals surface area contributed by atoms with Crippen molar-refractivity contribution in [3.63, 3.8) is 0 Å². The monoisotopic (exact) mass is 268 g/mol. The maximum absolute atomic E-state index is 13.5. The van der Waals surface area contributed by atoms with Crippen LogP contribution in [-0.2, 0) is 16.1 Å². The molecule has 0 saturated heterocycles. The lowest BCUT2D eigenvalue weighted by Crippen LogP contribution is -2.18. The van der Waals surface area contributed by atoms with Crippen LogP contribution in [0.3, 0.4) is 0 Å². The first-order valence-corrected chi connectivity index (χ1v) is 5.74. The van der Waals surface area contributed by atoms with Crippen molar-refractivity contribution in [1.82, 2.24) is 5.32 Å². The predicted molar refractivity (Wildman–Crippen MR) is 64.0 cm³/mol. The number of ether oxygens (including phenoxy) is 1. The minimum atomic E-state index is -0.753. The van der Waals surface area contributed by atoms with Gasteiger partial charge in [-0.3, -0.25) is 4.79 Å². The van der Waals surface area contributed by atoms with Gasteiger partial charge >= 0.3 is 5.97 Å². The number of nitriles is 1. The molecule has 0 aliphatic carbocycles. The van der Waals surface area contributed by atoms with Crippen molar-refractivity contribution in [3.05, 3.63) is 34.9 Å². The van der Waals surface area contributed by atoms with Gasteiger partial charge in [-0.25, -0.2) is 8.78 Å². The van der Waals surface area contributed by atoms with E-state index >= 15 is 0 Å². The van der Waals surface area contributed by atoms with E-state index in [0.29, 0.717) is 13.0 Å². The second-order valence-electron chi connectivity index (χ2n) is 3.89. The van der Waals surface area contributed by atoms with E-state index in [1.54, 1.807) is 6.07 Å². The van der Waals surface area contributed by atoms with Gasteiger partial charge in [0, 0.05) is 18.5 Å². The quantitative estimate of drug-likeness (QED) is 0.632. The Balaban J connectivity index is 2.46. The fourth-order valence-corrected chi connectivity index (χ4v) is 1.51. The number of benzene rings is 1. The average molecular weight is 268 g/mol. The van der Waals surface area contributed by atoms with E-state index in [1.807, 2.05) is 0 Å². The molecule has 0 heterocycles. The lowest BCUT2D eigenvalue weighted by molar-refractivity contribution is -0.140. The number of esters is 1. The van der Waals surface area contributed by atoms with Crippen LogP contribution in [0.5, 0.6) is 0 Å². The van der Waals surface area contributed by atoms with Crippen LogP contribution in [0.25, 0.3) is 0 Å². The normalized spacial score (nSPS) is 10.0. The molecule has 1 aromatic carbocycles. The zero-order valence-electron chi connectivity index (χ0n) is 10.5. The Kier molecular flexibility index (Phi) is 5.90. The van der Waals surface area contributed by atoms with Gasteiger partial charge in [0.05, 0.1) is 18.7 Å². The number of carbonyl (C=O) groups is 1. The third-order valence-electron chi connectivity index (χ3n) is 2.53. The third-order valence-corrected chi connectivity index (χ3v) is 2.53. The van der Waals surface area contributed by atoms with Crippen molar-refractivity contribution in [3.8, 4) is 6.07 Å². The molecule has 0 atom stereocenters. The van der Waals surface area contributed by atoms with Crippen LogP contribution in [0, 0.1) is 23.0 Å². The van der Waals surface area contributed by atoms with E-state index in [9.17, 15) is 13.6 Å². The van der Waals surface area contributed by atoms with Gasteiger partial charge in [-0.1, -0.05) is 0 Å². The Morgan fingerprint density at radius 3 is 2.58 bits per heavy atom. The Labute approximate surface area is 110 Å². The fourth-order valence-electron chi connectivity index (χ4n) is 1.51. The number of hydrogen-bond donors (Lipinski definition) is 1. The Morgan fingerprint density at radius 2 is 2.05 bits per heavy atom. The summed E-state index contributed by atoms with van der Waals surface area (Å²) in [7, 11) is 1.30. The molecule has 0 unspecified atom stereocenters.